The number of amides is 2. The third-order valence-electron chi connectivity index (χ3n) is 3.95. The highest BCUT2D eigenvalue weighted by Gasteiger charge is 2.15. The summed E-state index contributed by atoms with van der Waals surface area (Å²) in [7, 11) is 0. The molecule has 0 aliphatic heterocycles. The summed E-state index contributed by atoms with van der Waals surface area (Å²) in [5.41, 5.74) is 4.08. The van der Waals surface area contributed by atoms with Gasteiger partial charge in [0.15, 0.2) is 0 Å². The molecule has 1 aromatic carbocycles. The number of aryl methyl sites for hydroxylation is 3. The van der Waals surface area contributed by atoms with Gasteiger partial charge in [-0.05, 0) is 50.7 Å². The van der Waals surface area contributed by atoms with Crippen LogP contribution in [0.15, 0.2) is 24.3 Å². The molecule has 4 heteroatoms. The van der Waals surface area contributed by atoms with Crippen LogP contribution in [0, 0.1) is 26.7 Å². The summed E-state index contributed by atoms with van der Waals surface area (Å²) in [6.45, 7) is 5.99. The minimum Gasteiger partial charge on any atom is -0.347 e. The van der Waals surface area contributed by atoms with Crippen molar-refractivity contribution in [3.63, 3.8) is 0 Å². The largest absolute Gasteiger partial charge is 0.347 e. The zero-order chi connectivity index (χ0) is 16.1. The lowest BCUT2D eigenvalue weighted by Gasteiger charge is -2.13. The predicted molar refractivity (Wildman–Crippen MR) is 88.8 cm³/mol. The molecule has 0 bridgehead atoms. The van der Waals surface area contributed by atoms with Crippen LogP contribution in [0.4, 0.5) is 5.69 Å². The Morgan fingerprint density at radius 2 is 1.82 bits per heavy atom. The number of nitrogens with one attached hydrogen (secondary N) is 2. The molecule has 1 atom stereocenters. The van der Waals surface area contributed by atoms with Gasteiger partial charge in [-0.3, -0.25) is 9.59 Å². The third kappa shape index (κ3) is 4.45. The number of allylic oxidation sites excluding steroid dienone is 2. The molecule has 0 saturated heterocycles. The molecule has 2 amide bonds. The summed E-state index contributed by atoms with van der Waals surface area (Å²) in [6, 6.07) is 4.07. The first-order valence-corrected chi connectivity index (χ1v) is 7.77. The van der Waals surface area contributed by atoms with Crippen molar-refractivity contribution >= 4 is 17.5 Å². The molecule has 0 saturated carbocycles. The fraction of sp³-hybridized carbons (Fsp3) is 0.444. The fourth-order valence-electron chi connectivity index (χ4n) is 2.92. The second kappa shape index (κ2) is 7.25. The molecule has 1 aromatic rings. The highest BCUT2D eigenvalue weighted by atomic mass is 16.2. The Morgan fingerprint density at radius 1 is 1.14 bits per heavy atom. The minimum atomic E-state index is -0.189. The predicted octanol–water partition coefficient (Wildman–Crippen LogP) is 3.02. The Bertz CT molecular complexity index is 582. The van der Waals surface area contributed by atoms with Gasteiger partial charge in [0.2, 0.25) is 11.8 Å². The number of carbonyl (C=O) groups excluding carboxylic acids is 2. The van der Waals surface area contributed by atoms with Gasteiger partial charge in [0.25, 0.3) is 0 Å². The second-order valence-corrected chi connectivity index (χ2v) is 6.07. The van der Waals surface area contributed by atoms with Crippen molar-refractivity contribution in [2.75, 3.05) is 11.9 Å². The molecule has 2 rings (SSSR count). The van der Waals surface area contributed by atoms with Gasteiger partial charge in [-0.1, -0.05) is 29.8 Å². The van der Waals surface area contributed by atoms with Gasteiger partial charge in [-0.2, -0.15) is 0 Å². The van der Waals surface area contributed by atoms with E-state index in [-0.39, 0.29) is 18.4 Å². The molecule has 1 aliphatic carbocycles. The zero-order valence-corrected chi connectivity index (χ0v) is 13.5. The van der Waals surface area contributed by atoms with Gasteiger partial charge in [0.1, 0.15) is 0 Å². The topological polar surface area (TPSA) is 58.2 Å². The maximum atomic E-state index is 12.0. The van der Waals surface area contributed by atoms with Crippen LogP contribution in [0.5, 0.6) is 0 Å². The molecule has 2 N–H and O–H groups in total. The van der Waals surface area contributed by atoms with Crippen molar-refractivity contribution in [3.8, 4) is 0 Å². The maximum Gasteiger partial charge on any atom is 0.243 e. The second-order valence-electron chi connectivity index (χ2n) is 6.07. The van der Waals surface area contributed by atoms with Crippen LogP contribution < -0.4 is 10.6 Å². The monoisotopic (exact) mass is 300 g/mol. The van der Waals surface area contributed by atoms with Crippen LogP contribution in [0.3, 0.4) is 0 Å². The molecule has 22 heavy (non-hydrogen) atoms. The van der Waals surface area contributed by atoms with Crippen LogP contribution in [-0.2, 0) is 9.59 Å². The lowest BCUT2D eigenvalue weighted by molar-refractivity contribution is -0.124. The summed E-state index contributed by atoms with van der Waals surface area (Å²) >= 11 is 0. The Balaban J connectivity index is 1.83. The lowest BCUT2D eigenvalue weighted by atomic mass is 10.0. The molecule has 118 valence electrons. The molecule has 0 fully saturated rings. The van der Waals surface area contributed by atoms with Gasteiger partial charge in [-0.15, -0.1) is 0 Å². The van der Waals surface area contributed by atoms with E-state index in [1.807, 2.05) is 32.9 Å². The van der Waals surface area contributed by atoms with Gasteiger partial charge in [0, 0.05) is 12.1 Å². The SMILES string of the molecule is Cc1cc(C)c(NC(=O)CNC(=O)C[C@H]2C=CCC2)c(C)c1. The molecule has 0 unspecified atom stereocenters. The Kier molecular flexibility index (Phi) is 5.36. The fourth-order valence-corrected chi connectivity index (χ4v) is 2.92. The van der Waals surface area contributed by atoms with Gasteiger partial charge >= 0.3 is 0 Å². The van der Waals surface area contributed by atoms with E-state index in [0.29, 0.717) is 12.3 Å². The average molecular weight is 300 g/mol. The minimum absolute atomic E-state index is 0.0159. The first-order valence-electron chi connectivity index (χ1n) is 7.77. The van der Waals surface area contributed by atoms with Crippen molar-refractivity contribution in [2.45, 2.75) is 40.0 Å². The Hall–Kier alpha value is -2.10. The molecule has 4 nitrogen and oxygen atoms in total. The summed E-state index contributed by atoms with van der Waals surface area (Å²) in [6.07, 6.45) is 6.73. The summed E-state index contributed by atoms with van der Waals surface area (Å²) in [5, 5.41) is 5.58. The Morgan fingerprint density at radius 3 is 2.41 bits per heavy atom. The number of anilines is 1. The molecule has 0 heterocycles. The highest BCUT2D eigenvalue weighted by molar-refractivity contribution is 5.95. The normalized spacial score (nSPS) is 16.6. The van der Waals surface area contributed by atoms with E-state index in [2.05, 4.69) is 22.8 Å². The van der Waals surface area contributed by atoms with E-state index < -0.39 is 0 Å². The number of hydrogen-bond acceptors (Lipinski definition) is 2. The number of carbonyl (C=O) groups is 2. The first-order chi connectivity index (χ1) is 10.5. The molecular formula is C18H24N2O2. The lowest BCUT2D eigenvalue weighted by Crippen LogP contribution is -2.33. The van der Waals surface area contributed by atoms with Crippen LogP contribution >= 0.6 is 0 Å². The zero-order valence-electron chi connectivity index (χ0n) is 13.5. The smallest absolute Gasteiger partial charge is 0.243 e. The highest BCUT2D eigenvalue weighted by Crippen LogP contribution is 2.22. The van der Waals surface area contributed by atoms with Crippen molar-refractivity contribution < 1.29 is 9.59 Å². The molecule has 0 radical (unpaired) electrons. The van der Waals surface area contributed by atoms with E-state index >= 15 is 0 Å². The van der Waals surface area contributed by atoms with Crippen LogP contribution in [-0.4, -0.2) is 18.4 Å². The van der Waals surface area contributed by atoms with E-state index in [0.717, 1.165) is 29.7 Å². The number of hydrogen-bond donors (Lipinski definition) is 2. The molecule has 0 aromatic heterocycles. The van der Waals surface area contributed by atoms with Crippen molar-refractivity contribution in [3.05, 3.63) is 41.0 Å². The molecular weight excluding hydrogens is 276 g/mol. The van der Waals surface area contributed by atoms with Gasteiger partial charge in [-0.25, -0.2) is 0 Å². The summed E-state index contributed by atoms with van der Waals surface area (Å²) in [5.74, 6) is 0.0686. The molecule has 1 aliphatic rings. The van der Waals surface area contributed by atoms with Crippen molar-refractivity contribution in [1.82, 2.24) is 5.32 Å². The molecule has 0 spiro atoms. The quantitative estimate of drug-likeness (QED) is 0.821. The maximum absolute atomic E-state index is 12.0. The van der Waals surface area contributed by atoms with E-state index in [4.69, 9.17) is 0 Å². The van der Waals surface area contributed by atoms with Gasteiger partial charge < -0.3 is 10.6 Å². The van der Waals surface area contributed by atoms with Crippen LogP contribution in [0.1, 0.15) is 36.0 Å². The summed E-state index contributed by atoms with van der Waals surface area (Å²) in [4.78, 5) is 23.8. The first kappa shape index (κ1) is 16.3. The number of benzene rings is 1. The third-order valence-corrected chi connectivity index (χ3v) is 3.95. The number of rotatable bonds is 5. The standard InChI is InChI=1S/C18H24N2O2/c1-12-8-13(2)18(14(3)9-12)20-17(22)11-19-16(21)10-15-6-4-5-7-15/h4,6,8-9,15H,5,7,10-11H2,1-3H3,(H,19,21)(H,20,22)/t15-/m0/s1. The van der Waals surface area contributed by atoms with Crippen molar-refractivity contribution in [2.24, 2.45) is 5.92 Å². The summed E-state index contributed by atoms with van der Waals surface area (Å²) < 4.78 is 0. The van der Waals surface area contributed by atoms with E-state index in [1.165, 1.54) is 5.56 Å². The van der Waals surface area contributed by atoms with Crippen molar-refractivity contribution in [1.29, 1.82) is 0 Å². The van der Waals surface area contributed by atoms with Gasteiger partial charge in [0.05, 0.1) is 6.54 Å². The van der Waals surface area contributed by atoms with E-state index in [1.54, 1.807) is 0 Å². The van der Waals surface area contributed by atoms with Crippen LogP contribution in [0.25, 0.3) is 0 Å². The van der Waals surface area contributed by atoms with Crippen LogP contribution in [0.2, 0.25) is 0 Å². The average Bonchev–Trinajstić information content (AvgIpc) is 2.93. The van der Waals surface area contributed by atoms with E-state index in [9.17, 15) is 9.59 Å². The Labute approximate surface area is 132 Å².